The molecule has 1 aliphatic heterocycles. The number of likely N-dealkylation sites (tertiary alicyclic amines) is 1. The molecule has 21 heavy (non-hydrogen) atoms. The van der Waals surface area contributed by atoms with Crippen LogP contribution >= 0.6 is 0 Å². The van der Waals surface area contributed by atoms with Gasteiger partial charge in [0, 0.05) is 18.5 Å². The molecule has 1 amide bonds. The minimum atomic E-state index is -1.07. The first-order chi connectivity index (χ1) is 10.0. The second-order valence-electron chi connectivity index (χ2n) is 5.83. The normalized spacial score (nSPS) is 19.6. The van der Waals surface area contributed by atoms with Crippen LogP contribution < -0.4 is 0 Å². The molecule has 5 nitrogen and oxygen atoms in total. The van der Waals surface area contributed by atoms with Crippen LogP contribution in [0.15, 0.2) is 10.5 Å². The molecule has 2 rings (SSSR count). The Hall–Kier alpha value is -1.78. The lowest BCUT2D eigenvalue weighted by molar-refractivity contribution is -0.131. The quantitative estimate of drug-likeness (QED) is 0.905. The third kappa shape index (κ3) is 3.86. The maximum absolute atomic E-state index is 12.2. The van der Waals surface area contributed by atoms with Gasteiger partial charge < -0.3 is 14.4 Å². The Kier molecular flexibility index (Phi) is 5.04. The van der Waals surface area contributed by atoms with Crippen molar-refractivity contribution < 1.29 is 19.1 Å². The maximum Gasteiger partial charge on any atom is 0.372 e. The Bertz CT molecular complexity index is 520. The van der Waals surface area contributed by atoms with Gasteiger partial charge in [0.05, 0.1) is 6.54 Å². The summed E-state index contributed by atoms with van der Waals surface area (Å²) in [6.07, 6.45) is 4.88. The largest absolute Gasteiger partial charge is 0.475 e. The summed E-state index contributed by atoms with van der Waals surface area (Å²) < 4.78 is 5.35. The molecular formula is C16H23NO4. The van der Waals surface area contributed by atoms with Crippen LogP contribution in [0.1, 0.15) is 60.9 Å². The first-order valence-corrected chi connectivity index (χ1v) is 7.61. The highest BCUT2D eigenvalue weighted by atomic mass is 16.4. The molecule has 1 fully saturated rings. The van der Waals surface area contributed by atoms with Crippen molar-refractivity contribution in [2.45, 2.75) is 52.5 Å². The van der Waals surface area contributed by atoms with Crippen molar-refractivity contribution in [1.29, 1.82) is 0 Å². The molecule has 1 saturated heterocycles. The van der Waals surface area contributed by atoms with Gasteiger partial charge in [-0.05, 0) is 31.7 Å². The Balaban J connectivity index is 2.03. The molecule has 0 aliphatic carbocycles. The monoisotopic (exact) mass is 293 g/mol. The summed E-state index contributed by atoms with van der Waals surface area (Å²) in [5.74, 6) is 0.212. The van der Waals surface area contributed by atoms with Crippen molar-refractivity contribution in [3.63, 3.8) is 0 Å². The summed E-state index contributed by atoms with van der Waals surface area (Å²) in [6, 6.07) is 1.71. The lowest BCUT2D eigenvalue weighted by Crippen LogP contribution is -2.29. The van der Waals surface area contributed by atoms with Crippen LogP contribution in [0.5, 0.6) is 0 Å². The lowest BCUT2D eigenvalue weighted by atomic mass is 9.96. The van der Waals surface area contributed by atoms with E-state index in [1.54, 1.807) is 17.9 Å². The minimum Gasteiger partial charge on any atom is -0.475 e. The zero-order valence-electron chi connectivity index (χ0n) is 12.7. The van der Waals surface area contributed by atoms with Gasteiger partial charge in [-0.2, -0.15) is 0 Å². The molecule has 1 aromatic heterocycles. The summed E-state index contributed by atoms with van der Waals surface area (Å²) in [7, 11) is 0. The number of carbonyl (C=O) groups is 2. The molecule has 2 heterocycles. The van der Waals surface area contributed by atoms with Crippen molar-refractivity contribution >= 4 is 11.9 Å². The van der Waals surface area contributed by atoms with E-state index in [0.29, 0.717) is 30.2 Å². The van der Waals surface area contributed by atoms with Gasteiger partial charge in [-0.3, -0.25) is 4.79 Å². The highest BCUT2D eigenvalue weighted by molar-refractivity contribution is 5.86. The topological polar surface area (TPSA) is 70.8 Å². The van der Waals surface area contributed by atoms with Gasteiger partial charge in [-0.15, -0.1) is 0 Å². The molecule has 0 spiro atoms. The first kappa shape index (κ1) is 15.6. The van der Waals surface area contributed by atoms with Gasteiger partial charge >= 0.3 is 5.97 Å². The summed E-state index contributed by atoms with van der Waals surface area (Å²) in [6.45, 7) is 4.97. The zero-order chi connectivity index (χ0) is 15.4. The number of carbonyl (C=O) groups excluding carboxylic acids is 1. The van der Waals surface area contributed by atoms with Gasteiger partial charge in [0.15, 0.2) is 0 Å². The van der Waals surface area contributed by atoms with E-state index in [2.05, 4.69) is 6.92 Å². The van der Waals surface area contributed by atoms with E-state index in [4.69, 9.17) is 9.52 Å². The van der Waals surface area contributed by atoms with E-state index in [1.165, 1.54) is 6.42 Å². The number of furan rings is 1. The highest BCUT2D eigenvalue weighted by Gasteiger charge is 2.24. The van der Waals surface area contributed by atoms with E-state index in [9.17, 15) is 9.59 Å². The molecule has 0 bridgehead atoms. The molecule has 1 N–H and O–H groups in total. The smallest absolute Gasteiger partial charge is 0.372 e. The summed E-state index contributed by atoms with van der Waals surface area (Å²) in [4.78, 5) is 24.9. The Morgan fingerprint density at radius 2 is 2.24 bits per heavy atom. The van der Waals surface area contributed by atoms with Crippen LogP contribution in [0.4, 0.5) is 0 Å². The van der Waals surface area contributed by atoms with Crippen LogP contribution in [-0.4, -0.2) is 28.4 Å². The summed E-state index contributed by atoms with van der Waals surface area (Å²) in [5, 5.41) is 9.00. The van der Waals surface area contributed by atoms with Gasteiger partial charge in [-0.1, -0.05) is 19.8 Å². The highest BCUT2D eigenvalue weighted by Crippen LogP contribution is 2.24. The average molecular weight is 293 g/mol. The third-order valence-electron chi connectivity index (χ3n) is 4.13. The second-order valence-corrected chi connectivity index (χ2v) is 5.83. The fraction of sp³-hybridized carbons (Fsp3) is 0.625. The van der Waals surface area contributed by atoms with Gasteiger partial charge in [0.2, 0.25) is 11.7 Å². The van der Waals surface area contributed by atoms with Crippen molar-refractivity contribution in [1.82, 2.24) is 4.90 Å². The number of aryl methyl sites for hydroxylation is 1. The molecular weight excluding hydrogens is 270 g/mol. The van der Waals surface area contributed by atoms with Gasteiger partial charge in [-0.25, -0.2) is 4.79 Å². The second kappa shape index (κ2) is 6.78. The van der Waals surface area contributed by atoms with E-state index >= 15 is 0 Å². The predicted molar refractivity (Wildman–Crippen MR) is 78.1 cm³/mol. The van der Waals surface area contributed by atoms with E-state index in [1.807, 2.05) is 0 Å². The van der Waals surface area contributed by atoms with Gasteiger partial charge in [0.25, 0.3) is 0 Å². The molecule has 0 aromatic carbocycles. The Labute approximate surface area is 124 Å². The lowest BCUT2D eigenvalue weighted by Gasteiger charge is -2.19. The molecule has 1 aromatic rings. The molecule has 1 unspecified atom stereocenters. The van der Waals surface area contributed by atoms with Crippen LogP contribution in [0.25, 0.3) is 0 Å². The van der Waals surface area contributed by atoms with Crippen molar-refractivity contribution in [2.24, 2.45) is 5.92 Å². The molecule has 0 saturated carbocycles. The number of amides is 1. The number of carboxylic acids is 1. The van der Waals surface area contributed by atoms with Crippen LogP contribution in [-0.2, 0) is 11.3 Å². The van der Waals surface area contributed by atoms with Crippen LogP contribution in [0, 0.1) is 12.8 Å². The van der Waals surface area contributed by atoms with Crippen molar-refractivity contribution in [3.8, 4) is 0 Å². The maximum atomic E-state index is 12.2. The van der Waals surface area contributed by atoms with Crippen LogP contribution in [0.3, 0.4) is 0 Å². The van der Waals surface area contributed by atoms with Crippen LogP contribution in [0.2, 0.25) is 0 Å². The number of carboxylic acid groups (broad SMARTS) is 1. The standard InChI is InChI=1S/C16H23NO4/c1-3-4-12-5-6-14(18)17(8-7-12)10-13-9-11(2)15(21-13)16(19)20/h9,12H,3-8,10H2,1-2H3,(H,19,20). The number of aromatic carboxylic acids is 1. The number of hydrogen-bond donors (Lipinski definition) is 1. The average Bonchev–Trinajstić information content (AvgIpc) is 2.71. The van der Waals surface area contributed by atoms with Crippen molar-refractivity contribution in [3.05, 3.63) is 23.2 Å². The predicted octanol–water partition coefficient (Wildman–Crippen LogP) is 3.22. The molecule has 1 atom stereocenters. The van der Waals surface area contributed by atoms with E-state index in [-0.39, 0.29) is 11.7 Å². The number of rotatable bonds is 5. The Morgan fingerprint density at radius 1 is 1.48 bits per heavy atom. The number of nitrogens with zero attached hydrogens (tertiary/aromatic N) is 1. The molecule has 116 valence electrons. The first-order valence-electron chi connectivity index (χ1n) is 7.61. The third-order valence-corrected chi connectivity index (χ3v) is 4.13. The molecule has 1 aliphatic rings. The van der Waals surface area contributed by atoms with Crippen molar-refractivity contribution in [2.75, 3.05) is 6.54 Å². The molecule has 0 radical (unpaired) electrons. The Morgan fingerprint density at radius 3 is 2.86 bits per heavy atom. The zero-order valence-corrected chi connectivity index (χ0v) is 12.7. The molecule has 5 heteroatoms. The minimum absolute atomic E-state index is 0.0314. The fourth-order valence-electron chi connectivity index (χ4n) is 2.98. The SMILES string of the molecule is CCCC1CCC(=O)N(Cc2cc(C)c(C(=O)O)o2)CC1. The van der Waals surface area contributed by atoms with E-state index < -0.39 is 5.97 Å². The number of hydrogen-bond acceptors (Lipinski definition) is 3. The fourth-order valence-corrected chi connectivity index (χ4v) is 2.98. The van der Waals surface area contributed by atoms with Gasteiger partial charge in [0.1, 0.15) is 5.76 Å². The summed E-state index contributed by atoms with van der Waals surface area (Å²) in [5.41, 5.74) is 0.601. The van der Waals surface area contributed by atoms with E-state index in [0.717, 1.165) is 25.8 Å². The summed E-state index contributed by atoms with van der Waals surface area (Å²) >= 11 is 0.